The molecule has 2 heterocycles. The number of likely N-dealkylation sites (tertiary alicyclic amines) is 1. The summed E-state index contributed by atoms with van der Waals surface area (Å²) in [6.07, 6.45) is 5.43. The zero-order chi connectivity index (χ0) is 20.4. The lowest BCUT2D eigenvalue weighted by atomic mass is 9.64. The van der Waals surface area contributed by atoms with E-state index in [2.05, 4.69) is 27.7 Å². The molecule has 0 spiro atoms. The van der Waals surface area contributed by atoms with Gasteiger partial charge < -0.3 is 15.5 Å². The summed E-state index contributed by atoms with van der Waals surface area (Å²) in [4.78, 5) is 38.9. The van der Waals surface area contributed by atoms with Crippen LogP contribution in [0.3, 0.4) is 0 Å². The minimum atomic E-state index is -0.493. The van der Waals surface area contributed by atoms with Crippen LogP contribution in [0.4, 0.5) is 4.79 Å². The van der Waals surface area contributed by atoms with Crippen molar-refractivity contribution in [3.63, 3.8) is 0 Å². The number of hydrogen-bond donors (Lipinski definition) is 2. The number of rotatable bonds is 6. The smallest absolute Gasteiger partial charge is 0.325 e. The molecule has 3 fully saturated rings. The van der Waals surface area contributed by atoms with Gasteiger partial charge in [-0.05, 0) is 43.4 Å². The Morgan fingerprint density at radius 2 is 1.86 bits per heavy atom. The summed E-state index contributed by atoms with van der Waals surface area (Å²) >= 11 is 6.05. The number of nitrogens with one attached hydrogen (secondary N) is 2. The van der Waals surface area contributed by atoms with Gasteiger partial charge in [0.05, 0.1) is 6.54 Å². The zero-order valence-electron chi connectivity index (χ0n) is 16.5. The normalized spacial score (nSPS) is 22.3. The lowest BCUT2D eigenvalue weighted by Gasteiger charge is -2.47. The van der Waals surface area contributed by atoms with Gasteiger partial charge in [0.2, 0.25) is 5.91 Å². The van der Waals surface area contributed by atoms with Crippen molar-refractivity contribution >= 4 is 29.4 Å². The summed E-state index contributed by atoms with van der Waals surface area (Å²) in [5.41, 5.74) is 1.60. The predicted molar refractivity (Wildman–Crippen MR) is 110 cm³/mol. The van der Waals surface area contributed by atoms with E-state index in [0.29, 0.717) is 0 Å². The highest BCUT2D eigenvalue weighted by Crippen LogP contribution is 2.44. The molecule has 0 bridgehead atoms. The van der Waals surface area contributed by atoms with Crippen LogP contribution >= 0.6 is 11.6 Å². The maximum atomic E-state index is 12.2. The molecule has 1 aromatic rings. The van der Waals surface area contributed by atoms with Crippen molar-refractivity contribution in [2.45, 2.75) is 43.6 Å². The average Bonchev–Trinajstić information content (AvgIpc) is 2.99. The largest absolute Gasteiger partial charge is 0.352 e. The van der Waals surface area contributed by atoms with Crippen molar-refractivity contribution in [2.24, 2.45) is 0 Å². The molecule has 2 N–H and O–H groups in total. The summed E-state index contributed by atoms with van der Waals surface area (Å²) in [6.45, 7) is 2.68. The Hall–Kier alpha value is -2.12. The van der Waals surface area contributed by atoms with Gasteiger partial charge in [-0.2, -0.15) is 0 Å². The van der Waals surface area contributed by atoms with E-state index in [9.17, 15) is 14.4 Å². The van der Waals surface area contributed by atoms with Crippen LogP contribution in [-0.4, -0.2) is 66.4 Å². The van der Waals surface area contributed by atoms with E-state index in [1.807, 2.05) is 12.1 Å². The average molecular weight is 419 g/mol. The first-order valence-electron chi connectivity index (χ1n) is 10.3. The Bertz CT molecular complexity index is 770. The Balaban J connectivity index is 1.26. The second kappa shape index (κ2) is 8.32. The molecule has 1 saturated carbocycles. The molecule has 4 amide bonds. The lowest BCUT2D eigenvalue weighted by molar-refractivity contribution is -0.131. The van der Waals surface area contributed by atoms with Crippen LogP contribution in [0.5, 0.6) is 0 Å². The number of benzene rings is 1. The molecule has 4 rings (SSSR count). The van der Waals surface area contributed by atoms with Crippen molar-refractivity contribution in [1.29, 1.82) is 0 Å². The van der Waals surface area contributed by atoms with E-state index < -0.39 is 6.03 Å². The molecule has 0 radical (unpaired) electrons. The summed E-state index contributed by atoms with van der Waals surface area (Å²) in [7, 11) is 0. The second-order valence-corrected chi connectivity index (χ2v) is 8.83. The number of carbonyl (C=O) groups is 3. The van der Waals surface area contributed by atoms with Gasteiger partial charge >= 0.3 is 6.03 Å². The number of halogens is 1. The summed E-state index contributed by atoms with van der Waals surface area (Å²) in [5.74, 6) is -0.626. The number of urea groups is 1. The molecular formula is C21H27ClN4O3. The lowest BCUT2D eigenvalue weighted by Crippen LogP contribution is -2.52. The van der Waals surface area contributed by atoms with Crippen LogP contribution in [0.25, 0.3) is 0 Å². The third-order valence-corrected chi connectivity index (χ3v) is 6.74. The third kappa shape index (κ3) is 4.41. The summed E-state index contributed by atoms with van der Waals surface area (Å²) in [6, 6.07) is 7.86. The fourth-order valence-corrected chi connectivity index (χ4v) is 4.77. The van der Waals surface area contributed by atoms with Gasteiger partial charge in [-0.3, -0.25) is 14.5 Å². The minimum absolute atomic E-state index is 0.0279. The molecule has 2 saturated heterocycles. The minimum Gasteiger partial charge on any atom is -0.352 e. The molecule has 2 aliphatic heterocycles. The van der Waals surface area contributed by atoms with Crippen LogP contribution in [0.1, 0.15) is 37.7 Å². The van der Waals surface area contributed by atoms with E-state index in [1.54, 1.807) is 0 Å². The highest BCUT2D eigenvalue weighted by atomic mass is 35.5. The molecule has 0 unspecified atom stereocenters. The standard InChI is InChI=1S/C21H27ClN4O3/c22-16-4-2-15(3-5-16)21(8-1-9-21)14-25-10-6-17(7-11-25)24-18(27)13-26-19(28)12-23-20(26)29/h2-5,17H,1,6-14H2,(H,23,29)(H,24,27). The molecular weight excluding hydrogens is 392 g/mol. The van der Waals surface area contributed by atoms with Crippen LogP contribution in [-0.2, 0) is 15.0 Å². The van der Waals surface area contributed by atoms with E-state index in [1.165, 1.54) is 24.8 Å². The number of amides is 4. The number of piperidine rings is 1. The molecule has 156 valence electrons. The van der Waals surface area contributed by atoms with Crippen LogP contribution in [0.15, 0.2) is 24.3 Å². The van der Waals surface area contributed by atoms with Gasteiger partial charge in [0.25, 0.3) is 5.91 Å². The quantitative estimate of drug-likeness (QED) is 0.691. The Kier molecular flexibility index (Phi) is 5.79. The molecule has 8 heteroatoms. The van der Waals surface area contributed by atoms with Crippen LogP contribution in [0.2, 0.25) is 5.02 Å². The molecule has 0 atom stereocenters. The van der Waals surface area contributed by atoms with Crippen molar-refractivity contribution < 1.29 is 14.4 Å². The van der Waals surface area contributed by atoms with Crippen LogP contribution < -0.4 is 10.6 Å². The highest BCUT2D eigenvalue weighted by Gasteiger charge is 2.40. The molecule has 1 aliphatic carbocycles. The SMILES string of the molecule is O=C(CN1C(=O)CNC1=O)NC1CCN(CC2(c3ccc(Cl)cc3)CCC2)CC1. The van der Waals surface area contributed by atoms with Gasteiger partial charge in [-0.15, -0.1) is 0 Å². The van der Waals surface area contributed by atoms with E-state index in [4.69, 9.17) is 11.6 Å². The molecule has 29 heavy (non-hydrogen) atoms. The fraction of sp³-hybridized carbons (Fsp3) is 0.571. The summed E-state index contributed by atoms with van der Waals surface area (Å²) in [5, 5.41) is 6.18. The topological polar surface area (TPSA) is 81.8 Å². The Morgan fingerprint density at radius 3 is 2.41 bits per heavy atom. The van der Waals surface area contributed by atoms with Gasteiger partial charge in [0.15, 0.2) is 0 Å². The number of nitrogens with zero attached hydrogens (tertiary/aromatic N) is 2. The Morgan fingerprint density at radius 1 is 1.17 bits per heavy atom. The van der Waals surface area contributed by atoms with Gasteiger partial charge in [-0.25, -0.2) is 4.79 Å². The molecule has 3 aliphatic rings. The third-order valence-electron chi connectivity index (χ3n) is 6.48. The first kappa shape index (κ1) is 20.2. The molecule has 1 aromatic carbocycles. The fourth-order valence-electron chi connectivity index (χ4n) is 4.64. The van der Waals surface area contributed by atoms with Gasteiger partial charge in [-0.1, -0.05) is 30.2 Å². The van der Waals surface area contributed by atoms with E-state index in [-0.39, 0.29) is 36.4 Å². The first-order valence-corrected chi connectivity index (χ1v) is 10.7. The number of carbonyl (C=O) groups excluding carboxylic acids is 3. The van der Waals surface area contributed by atoms with Crippen LogP contribution in [0, 0.1) is 0 Å². The molecule has 0 aromatic heterocycles. The van der Waals surface area contributed by atoms with E-state index in [0.717, 1.165) is 42.4 Å². The van der Waals surface area contributed by atoms with Crippen molar-refractivity contribution in [1.82, 2.24) is 20.4 Å². The maximum Gasteiger partial charge on any atom is 0.325 e. The summed E-state index contributed by atoms with van der Waals surface area (Å²) < 4.78 is 0. The van der Waals surface area contributed by atoms with Crippen molar-refractivity contribution in [3.8, 4) is 0 Å². The highest BCUT2D eigenvalue weighted by molar-refractivity contribution is 6.30. The van der Waals surface area contributed by atoms with Crippen molar-refractivity contribution in [2.75, 3.05) is 32.7 Å². The second-order valence-electron chi connectivity index (χ2n) is 8.40. The monoisotopic (exact) mass is 418 g/mol. The Labute approximate surface area is 175 Å². The number of imide groups is 1. The number of hydrogen-bond acceptors (Lipinski definition) is 4. The predicted octanol–water partition coefficient (Wildman–Crippen LogP) is 1.89. The van der Waals surface area contributed by atoms with Gasteiger partial charge in [0.1, 0.15) is 6.54 Å². The van der Waals surface area contributed by atoms with Crippen molar-refractivity contribution in [3.05, 3.63) is 34.9 Å². The first-order chi connectivity index (χ1) is 13.9. The van der Waals surface area contributed by atoms with Gasteiger partial charge in [0, 0.05) is 36.1 Å². The zero-order valence-corrected chi connectivity index (χ0v) is 17.2. The molecule has 7 nitrogen and oxygen atoms in total. The maximum absolute atomic E-state index is 12.2. The van der Waals surface area contributed by atoms with E-state index >= 15 is 0 Å².